The predicted octanol–water partition coefficient (Wildman–Crippen LogP) is 5.39. The van der Waals surface area contributed by atoms with Crippen molar-refractivity contribution in [1.82, 2.24) is 25.2 Å². The van der Waals surface area contributed by atoms with Crippen LogP contribution >= 0.6 is 0 Å². The third-order valence-corrected chi connectivity index (χ3v) is 14.3. The topological polar surface area (TPSA) is 182 Å². The molecule has 1 saturated heterocycles. The maximum atomic E-state index is 14.9. The van der Waals surface area contributed by atoms with Crippen molar-refractivity contribution in [2.24, 2.45) is 17.8 Å². The van der Waals surface area contributed by atoms with Gasteiger partial charge in [0.1, 0.15) is 35.1 Å². The average molecular weight is 872 g/mol. The van der Waals surface area contributed by atoms with Crippen molar-refractivity contribution in [3.05, 3.63) is 42.4 Å². The number of allylic oxidation sites excluding steroid dienone is 1. The highest BCUT2D eigenvalue weighted by Gasteiger charge is 2.64. The lowest BCUT2D eigenvalue weighted by atomic mass is 9.85. The van der Waals surface area contributed by atoms with Crippen molar-refractivity contribution in [3.8, 4) is 11.6 Å². The van der Waals surface area contributed by atoms with Crippen LogP contribution in [0.25, 0.3) is 10.8 Å². The van der Waals surface area contributed by atoms with Crippen molar-refractivity contribution in [1.29, 1.82) is 0 Å². The lowest BCUT2D eigenvalue weighted by molar-refractivity contribution is -0.244. The first kappa shape index (κ1) is 44.8. The Morgan fingerprint density at radius 1 is 1.13 bits per heavy atom. The molecule has 0 bridgehead atoms. The van der Waals surface area contributed by atoms with Crippen LogP contribution in [0.1, 0.15) is 79.1 Å². The first-order valence-corrected chi connectivity index (χ1v) is 21.4. The van der Waals surface area contributed by atoms with E-state index in [1.54, 1.807) is 25.1 Å². The Kier molecular flexibility index (Phi) is 12.4. The Bertz CT molecular complexity index is 2150. The number of nitrogens with one attached hydrogen (secondary N) is 3. The zero-order valence-electron chi connectivity index (χ0n) is 33.9. The fourth-order valence-corrected chi connectivity index (χ4v) is 9.40. The maximum absolute atomic E-state index is 14.9. The second kappa shape index (κ2) is 16.6. The number of amides is 4. The largest absolute Gasteiger partial charge is 0.494 e. The SMILES string of the molecule is CC[C@@H]1C[C@H](C)CCC=C[C@@H]2C[C@@]2(C(=O)NS(=O)(=O)C2(CF)CC2)NC(=O)[C@@H]2C[C@@H](Oc3nccc4cc(OC)c(F)cc34)CN2C(=O)[C@H]1NC(=O)OC(C)(C)C(F)(F)F. The fourth-order valence-electron chi connectivity index (χ4n) is 7.97. The Labute approximate surface area is 344 Å². The summed E-state index contributed by atoms with van der Waals surface area (Å²) in [7, 11) is -3.19. The van der Waals surface area contributed by atoms with E-state index >= 15 is 0 Å². The van der Waals surface area contributed by atoms with Crippen molar-refractivity contribution in [3.63, 3.8) is 0 Å². The van der Waals surface area contributed by atoms with Crippen molar-refractivity contribution in [2.75, 3.05) is 20.3 Å². The van der Waals surface area contributed by atoms with Crippen LogP contribution in [0.2, 0.25) is 0 Å². The summed E-state index contributed by atoms with van der Waals surface area (Å²) in [5.41, 5.74) is -4.74. The molecule has 7 atom stereocenters. The van der Waals surface area contributed by atoms with Gasteiger partial charge >= 0.3 is 12.3 Å². The molecule has 3 heterocycles. The fraction of sp³-hybridized carbons (Fsp3) is 0.625. The number of hydrogen-bond donors (Lipinski definition) is 3. The molecule has 20 heteroatoms. The van der Waals surface area contributed by atoms with Crippen molar-refractivity contribution >= 4 is 44.6 Å². The molecule has 4 amide bonds. The van der Waals surface area contributed by atoms with E-state index in [0.29, 0.717) is 38.5 Å². The van der Waals surface area contributed by atoms with Gasteiger partial charge in [-0.2, -0.15) is 13.2 Å². The predicted molar refractivity (Wildman–Crippen MR) is 206 cm³/mol. The number of alkyl halides is 4. The van der Waals surface area contributed by atoms with Gasteiger partial charge in [-0.25, -0.2) is 27.0 Å². The maximum Gasteiger partial charge on any atom is 0.427 e. The summed E-state index contributed by atoms with van der Waals surface area (Å²) in [5, 5.41) is 5.78. The number of halogens is 5. The molecule has 2 saturated carbocycles. The third-order valence-electron chi connectivity index (χ3n) is 12.2. The number of rotatable bonds is 10. The van der Waals surface area contributed by atoms with Crippen LogP contribution in [0.3, 0.4) is 0 Å². The van der Waals surface area contributed by atoms with Crippen LogP contribution in [-0.4, -0.2) is 103 Å². The molecule has 3 fully saturated rings. The Balaban J connectivity index is 1.38. The summed E-state index contributed by atoms with van der Waals surface area (Å²) in [6.45, 7) is 3.43. The zero-order chi connectivity index (χ0) is 44.0. The van der Waals surface area contributed by atoms with Crippen LogP contribution in [0.4, 0.5) is 26.7 Å². The highest BCUT2D eigenvalue weighted by atomic mass is 32.2. The van der Waals surface area contributed by atoms with E-state index in [-0.39, 0.29) is 61.6 Å². The third kappa shape index (κ3) is 8.84. The highest BCUT2D eigenvalue weighted by Crippen LogP contribution is 2.48. The number of ether oxygens (including phenoxy) is 3. The Hall–Kier alpha value is -4.75. The Morgan fingerprint density at radius 2 is 1.85 bits per heavy atom. The van der Waals surface area contributed by atoms with Crippen LogP contribution in [0, 0.1) is 23.6 Å². The molecule has 1 aromatic carbocycles. The number of nitrogens with zero attached hydrogens (tertiary/aromatic N) is 2. The Morgan fingerprint density at radius 3 is 2.48 bits per heavy atom. The van der Waals surface area contributed by atoms with Crippen LogP contribution in [0.5, 0.6) is 11.6 Å². The van der Waals surface area contributed by atoms with Gasteiger partial charge in [0.15, 0.2) is 11.6 Å². The van der Waals surface area contributed by atoms with Gasteiger partial charge in [0.2, 0.25) is 33.3 Å². The van der Waals surface area contributed by atoms with E-state index < -0.39 is 98.4 Å². The van der Waals surface area contributed by atoms with Crippen molar-refractivity contribution < 1.29 is 63.8 Å². The van der Waals surface area contributed by atoms with Gasteiger partial charge in [0.25, 0.3) is 5.91 Å². The standard InChI is InChI=1S/C40H50F5N5O9S/c1-6-23-15-22(2)9-7-8-10-25-19-39(25,35(53)49-60(55,56)38(21-41)12-13-38)48-32(51)29-17-26(58-33-27-18-28(42)30(57-5)16-24(27)11-14-46-33)20-50(29)34(52)31(23)47-36(54)59-37(3,4)40(43,44)45/h8,10-11,14,16,18,22-23,25-26,29,31H,6-7,9,12-13,15,17,19-21H2,1-5H3,(H,47,54)(H,48,51)(H,49,53)/t22-,23-,25-,26-,29+,31+,39-/m1/s1. The molecule has 14 nitrogen and oxygen atoms in total. The highest BCUT2D eigenvalue weighted by molar-refractivity contribution is 7.91. The summed E-state index contributed by atoms with van der Waals surface area (Å²) < 4.78 is 113. The summed E-state index contributed by atoms with van der Waals surface area (Å²) in [6.07, 6.45) is -1.24. The number of carbonyl (C=O) groups excluding carboxylic acids is 4. The molecule has 60 heavy (non-hydrogen) atoms. The van der Waals surface area contributed by atoms with Crippen molar-refractivity contribution in [2.45, 2.75) is 119 Å². The first-order valence-electron chi connectivity index (χ1n) is 19.9. The van der Waals surface area contributed by atoms with E-state index in [2.05, 4.69) is 15.6 Å². The second-order valence-corrected chi connectivity index (χ2v) is 18.9. The normalized spacial score (nSPS) is 28.3. The average Bonchev–Trinajstić information content (AvgIpc) is 4.08. The number of sulfonamides is 1. The number of fused-ring (bicyclic) bond motifs is 3. The molecular formula is C40H50F5N5O9S. The number of alkyl carbamates (subject to hydrolysis) is 1. The van der Waals surface area contributed by atoms with Gasteiger partial charge < -0.3 is 29.7 Å². The molecule has 3 N–H and O–H groups in total. The molecule has 330 valence electrons. The molecule has 0 spiro atoms. The molecule has 0 radical (unpaired) electrons. The van der Waals surface area contributed by atoms with Gasteiger partial charge in [-0.1, -0.05) is 32.4 Å². The molecule has 6 rings (SSSR count). The summed E-state index contributed by atoms with van der Waals surface area (Å²) in [4.78, 5) is 61.9. The number of methoxy groups -OCH3 is 1. The molecule has 4 aliphatic rings. The molecule has 2 aromatic rings. The van der Waals surface area contributed by atoms with E-state index in [1.807, 2.05) is 11.6 Å². The summed E-state index contributed by atoms with van der Waals surface area (Å²) >= 11 is 0. The number of benzene rings is 1. The minimum absolute atomic E-state index is 0.00840. The molecular weight excluding hydrogens is 822 g/mol. The lowest BCUT2D eigenvalue weighted by Gasteiger charge is -2.35. The number of pyridine rings is 1. The van der Waals surface area contributed by atoms with E-state index in [0.717, 1.165) is 11.0 Å². The van der Waals surface area contributed by atoms with Gasteiger partial charge in [0.05, 0.1) is 13.7 Å². The lowest BCUT2D eigenvalue weighted by Crippen LogP contribution is -2.60. The van der Waals surface area contributed by atoms with E-state index in [4.69, 9.17) is 14.2 Å². The van der Waals surface area contributed by atoms with E-state index in [1.165, 1.54) is 19.4 Å². The van der Waals surface area contributed by atoms with E-state index in [9.17, 15) is 49.5 Å². The molecule has 2 aliphatic heterocycles. The summed E-state index contributed by atoms with van der Waals surface area (Å²) in [6, 6.07) is 1.21. The number of carbonyl (C=O) groups is 4. The second-order valence-electron chi connectivity index (χ2n) is 16.9. The minimum Gasteiger partial charge on any atom is -0.494 e. The number of hydrogen-bond acceptors (Lipinski definition) is 10. The molecule has 2 aliphatic carbocycles. The smallest absolute Gasteiger partial charge is 0.427 e. The van der Waals surface area contributed by atoms with Crippen LogP contribution < -0.4 is 24.8 Å². The van der Waals surface area contributed by atoms with Gasteiger partial charge in [-0.3, -0.25) is 19.1 Å². The zero-order valence-corrected chi connectivity index (χ0v) is 34.7. The summed E-state index contributed by atoms with van der Waals surface area (Å²) in [5.74, 6) is -5.09. The first-order chi connectivity index (χ1) is 28.1. The van der Waals surface area contributed by atoms with Gasteiger partial charge in [-0.05, 0) is 87.8 Å². The molecule has 1 aromatic heterocycles. The number of aromatic nitrogens is 1. The van der Waals surface area contributed by atoms with Crippen LogP contribution in [-0.2, 0) is 29.1 Å². The van der Waals surface area contributed by atoms with Gasteiger partial charge in [0, 0.05) is 23.9 Å². The van der Waals surface area contributed by atoms with Crippen LogP contribution in [0.15, 0.2) is 36.5 Å². The molecule has 0 unspecified atom stereocenters. The van der Waals surface area contributed by atoms with Gasteiger partial charge in [-0.15, -0.1) is 0 Å². The monoisotopic (exact) mass is 871 g/mol. The minimum atomic E-state index is -4.96. The quantitative estimate of drug-likeness (QED) is 0.207.